The van der Waals surface area contributed by atoms with Gasteiger partial charge in [-0.2, -0.15) is 5.10 Å². The van der Waals surface area contributed by atoms with Gasteiger partial charge in [-0.25, -0.2) is 8.78 Å². The van der Waals surface area contributed by atoms with Crippen LogP contribution in [0.15, 0.2) is 54.6 Å². The number of rotatable bonds is 8. The number of carbonyl (C=O) groups excluding carboxylic acids is 1. The van der Waals surface area contributed by atoms with Crippen LogP contribution in [0.25, 0.3) is 10.9 Å². The molecular formula is C29H31F2N5O2. The van der Waals surface area contributed by atoms with Gasteiger partial charge in [0.15, 0.2) is 5.82 Å². The van der Waals surface area contributed by atoms with Crippen LogP contribution in [0.1, 0.15) is 36.0 Å². The van der Waals surface area contributed by atoms with Gasteiger partial charge in [-0.05, 0) is 55.1 Å². The minimum absolute atomic E-state index is 0.0130. The van der Waals surface area contributed by atoms with Crippen molar-refractivity contribution in [3.63, 3.8) is 0 Å². The molecule has 198 valence electrons. The van der Waals surface area contributed by atoms with Crippen molar-refractivity contribution in [2.75, 3.05) is 19.0 Å². The number of hydrogen-bond acceptors (Lipinski definition) is 5. The number of piperidine rings is 1. The molecule has 1 fully saturated rings. The Morgan fingerprint density at radius 2 is 1.97 bits per heavy atom. The van der Waals surface area contributed by atoms with E-state index in [2.05, 4.69) is 16.0 Å². The molecule has 4 aromatic rings. The lowest BCUT2D eigenvalue weighted by Crippen LogP contribution is -2.46. The normalized spacial score (nSPS) is 15.4. The number of anilines is 2. The second-order valence-electron chi connectivity index (χ2n) is 9.64. The van der Waals surface area contributed by atoms with Crippen LogP contribution < -0.4 is 20.7 Å². The van der Waals surface area contributed by atoms with Gasteiger partial charge in [0, 0.05) is 24.4 Å². The number of fused-ring (bicyclic) bond motifs is 1. The monoisotopic (exact) mass is 519 g/mol. The molecule has 5 rings (SSSR count). The highest BCUT2D eigenvalue weighted by Gasteiger charge is 2.20. The van der Waals surface area contributed by atoms with Gasteiger partial charge in [0.25, 0.3) is 0 Å². The maximum Gasteiger partial charge on any atom is 0.237 e. The number of aromatic nitrogens is 2. The zero-order valence-corrected chi connectivity index (χ0v) is 21.5. The summed E-state index contributed by atoms with van der Waals surface area (Å²) in [6, 6.07) is 15.3. The van der Waals surface area contributed by atoms with Crippen molar-refractivity contribution < 1.29 is 18.3 Å². The zero-order chi connectivity index (χ0) is 26.6. The quantitative estimate of drug-likeness (QED) is 0.299. The van der Waals surface area contributed by atoms with Crippen LogP contribution in [-0.2, 0) is 17.9 Å². The van der Waals surface area contributed by atoms with Crippen molar-refractivity contribution in [2.45, 2.75) is 45.3 Å². The van der Waals surface area contributed by atoms with Crippen molar-refractivity contribution in [1.82, 2.24) is 20.4 Å². The fourth-order valence-electron chi connectivity index (χ4n) is 4.81. The van der Waals surface area contributed by atoms with E-state index in [1.54, 1.807) is 23.7 Å². The molecule has 0 saturated carbocycles. The number of methoxy groups -OCH3 is 1. The molecule has 2 heterocycles. The first kappa shape index (κ1) is 25.7. The van der Waals surface area contributed by atoms with Crippen LogP contribution in [0.5, 0.6) is 5.75 Å². The van der Waals surface area contributed by atoms with Crippen LogP contribution >= 0.6 is 0 Å². The van der Waals surface area contributed by atoms with E-state index in [-0.39, 0.29) is 17.8 Å². The molecule has 1 amide bonds. The Bertz CT molecular complexity index is 1460. The maximum absolute atomic E-state index is 14.5. The van der Waals surface area contributed by atoms with Gasteiger partial charge in [0.1, 0.15) is 17.4 Å². The summed E-state index contributed by atoms with van der Waals surface area (Å²) in [6.45, 7) is 3.34. The highest BCUT2D eigenvalue weighted by molar-refractivity contribution is 5.97. The summed E-state index contributed by atoms with van der Waals surface area (Å²) < 4.78 is 35.8. The third-order valence-electron chi connectivity index (χ3n) is 6.85. The summed E-state index contributed by atoms with van der Waals surface area (Å²) in [5, 5.41) is 14.7. The van der Waals surface area contributed by atoms with Crippen molar-refractivity contribution in [3.05, 3.63) is 82.9 Å². The highest BCUT2D eigenvalue weighted by atomic mass is 19.1. The molecule has 3 N–H and O–H groups in total. The third-order valence-corrected chi connectivity index (χ3v) is 6.85. The number of carbonyl (C=O) groups is 1. The van der Waals surface area contributed by atoms with Gasteiger partial charge in [0.05, 0.1) is 30.6 Å². The van der Waals surface area contributed by atoms with E-state index >= 15 is 0 Å². The number of halogens is 2. The fraction of sp³-hybridized carbons (Fsp3) is 0.310. The van der Waals surface area contributed by atoms with Crippen LogP contribution in [0, 0.1) is 18.6 Å². The number of hydrogen-bond donors (Lipinski definition) is 3. The third kappa shape index (κ3) is 5.62. The lowest BCUT2D eigenvalue weighted by molar-refractivity contribution is -0.123. The van der Waals surface area contributed by atoms with Gasteiger partial charge >= 0.3 is 0 Å². The van der Waals surface area contributed by atoms with E-state index < -0.39 is 5.82 Å². The predicted molar refractivity (Wildman–Crippen MR) is 144 cm³/mol. The van der Waals surface area contributed by atoms with Gasteiger partial charge in [-0.3, -0.25) is 9.48 Å². The Morgan fingerprint density at radius 3 is 2.74 bits per heavy atom. The van der Waals surface area contributed by atoms with Gasteiger partial charge < -0.3 is 20.7 Å². The van der Waals surface area contributed by atoms with E-state index in [4.69, 9.17) is 9.84 Å². The van der Waals surface area contributed by atoms with Crippen LogP contribution in [0.4, 0.5) is 20.3 Å². The molecule has 9 heteroatoms. The van der Waals surface area contributed by atoms with Crippen molar-refractivity contribution >= 4 is 28.3 Å². The SMILES string of the molecule is COc1cc(F)cc2c1c(Nc1ccc(C)c(F)c1)nn2Cc1cccc(CNC(=O)[C@@H]2CCCCN2)c1. The van der Waals surface area contributed by atoms with Crippen molar-refractivity contribution in [2.24, 2.45) is 0 Å². The summed E-state index contributed by atoms with van der Waals surface area (Å²) in [5.74, 6) is -0.00670. The average molecular weight is 520 g/mol. The summed E-state index contributed by atoms with van der Waals surface area (Å²) in [4.78, 5) is 12.5. The standard InChI is InChI=1S/C29H31F2N5O2/c1-18-9-10-22(15-23(18)31)34-28-27-25(13-21(30)14-26(27)38-2)36(35-28)17-20-7-5-6-19(12-20)16-33-29(37)24-8-3-4-11-32-24/h5-7,9-10,12-15,24,32H,3-4,8,11,16-17H2,1-2H3,(H,33,37)(H,34,35)/t24-/m0/s1. The fourth-order valence-corrected chi connectivity index (χ4v) is 4.81. The smallest absolute Gasteiger partial charge is 0.237 e. The maximum atomic E-state index is 14.5. The molecule has 0 bridgehead atoms. The number of amides is 1. The zero-order valence-electron chi connectivity index (χ0n) is 21.5. The lowest BCUT2D eigenvalue weighted by Gasteiger charge is -2.22. The number of aryl methyl sites for hydroxylation is 1. The number of benzene rings is 3. The Morgan fingerprint density at radius 1 is 1.13 bits per heavy atom. The Labute approximate surface area is 220 Å². The van der Waals surface area contributed by atoms with Gasteiger partial charge in [0.2, 0.25) is 5.91 Å². The molecule has 0 radical (unpaired) electrons. The molecule has 38 heavy (non-hydrogen) atoms. The number of nitrogens with one attached hydrogen (secondary N) is 3. The average Bonchev–Trinajstić information content (AvgIpc) is 3.25. The highest BCUT2D eigenvalue weighted by Crippen LogP contribution is 2.35. The lowest BCUT2D eigenvalue weighted by atomic mass is 10.0. The summed E-state index contributed by atoms with van der Waals surface area (Å²) in [5.41, 5.74) is 3.50. The first-order chi connectivity index (χ1) is 18.4. The van der Waals surface area contributed by atoms with Crippen LogP contribution in [-0.4, -0.2) is 35.4 Å². The molecular weight excluding hydrogens is 488 g/mol. The van der Waals surface area contributed by atoms with Crippen LogP contribution in [0.2, 0.25) is 0 Å². The molecule has 0 spiro atoms. The summed E-state index contributed by atoms with van der Waals surface area (Å²) >= 11 is 0. The Hall–Kier alpha value is -3.98. The van der Waals surface area contributed by atoms with E-state index in [0.717, 1.165) is 36.9 Å². The van der Waals surface area contributed by atoms with E-state index in [1.165, 1.54) is 25.3 Å². The number of nitrogens with zero attached hydrogens (tertiary/aromatic N) is 2. The Kier molecular flexibility index (Phi) is 7.55. The minimum atomic E-state index is -0.448. The molecule has 0 aliphatic carbocycles. The summed E-state index contributed by atoms with van der Waals surface area (Å²) in [6.07, 6.45) is 3.01. The second kappa shape index (κ2) is 11.2. The Balaban J connectivity index is 1.40. The van der Waals surface area contributed by atoms with Crippen molar-refractivity contribution in [1.29, 1.82) is 0 Å². The summed E-state index contributed by atoms with van der Waals surface area (Å²) in [7, 11) is 1.47. The minimum Gasteiger partial charge on any atom is -0.496 e. The molecule has 1 aromatic heterocycles. The predicted octanol–water partition coefficient (Wildman–Crippen LogP) is 5.18. The molecule has 0 unspecified atom stereocenters. The van der Waals surface area contributed by atoms with E-state index in [9.17, 15) is 13.6 Å². The molecule has 7 nitrogen and oxygen atoms in total. The first-order valence-corrected chi connectivity index (χ1v) is 12.8. The largest absolute Gasteiger partial charge is 0.496 e. The molecule has 1 saturated heterocycles. The van der Waals surface area contributed by atoms with Gasteiger partial charge in [-0.15, -0.1) is 0 Å². The molecule has 1 atom stereocenters. The van der Waals surface area contributed by atoms with E-state index in [0.29, 0.717) is 46.8 Å². The first-order valence-electron chi connectivity index (χ1n) is 12.8. The topological polar surface area (TPSA) is 80.2 Å². The van der Waals surface area contributed by atoms with Gasteiger partial charge in [-0.1, -0.05) is 36.8 Å². The number of ether oxygens (including phenoxy) is 1. The molecule has 1 aliphatic rings. The molecule has 3 aromatic carbocycles. The van der Waals surface area contributed by atoms with Crippen molar-refractivity contribution in [3.8, 4) is 5.75 Å². The second-order valence-corrected chi connectivity index (χ2v) is 9.64. The molecule has 1 aliphatic heterocycles. The van der Waals surface area contributed by atoms with Crippen LogP contribution in [0.3, 0.4) is 0 Å². The van der Waals surface area contributed by atoms with E-state index in [1.807, 2.05) is 24.3 Å².